The molecule has 0 aliphatic carbocycles. The van der Waals surface area contributed by atoms with Gasteiger partial charge in [0.2, 0.25) is 0 Å². The zero-order valence-corrected chi connectivity index (χ0v) is 23.7. The van der Waals surface area contributed by atoms with Gasteiger partial charge in [-0.1, -0.05) is 41.4 Å². The first kappa shape index (κ1) is 27.2. The van der Waals surface area contributed by atoms with Crippen molar-refractivity contribution in [2.45, 2.75) is 18.4 Å². The lowest BCUT2D eigenvalue weighted by molar-refractivity contribution is 0.122. The molecule has 2 aromatic carbocycles. The molecule has 6 rings (SSSR count). The highest BCUT2D eigenvalue weighted by Gasteiger charge is 2.24. The molecule has 210 valence electrons. The molecule has 1 aliphatic heterocycles. The van der Waals surface area contributed by atoms with Crippen LogP contribution in [0.15, 0.2) is 88.9 Å². The van der Waals surface area contributed by atoms with Crippen molar-refractivity contribution in [3.05, 3.63) is 112 Å². The van der Waals surface area contributed by atoms with Gasteiger partial charge in [0.25, 0.3) is 15.6 Å². The second kappa shape index (κ2) is 10.8. The maximum Gasteiger partial charge on any atom is 0.269 e. The molecule has 0 atom stereocenters. The Hall–Kier alpha value is -3.99. The highest BCUT2D eigenvalue weighted by atomic mass is 35.5. The molecule has 3 aromatic heterocycles. The topological polar surface area (TPSA) is 86.4 Å². The normalized spacial score (nSPS) is 14.1. The lowest BCUT2D eigenvalue weighted by Gasteiger charge is -2.28. The van der Waals surface area contributed by atoms with Crippen LogP contribution in [0.2, 0.25) is 5.02 Å². The predicted octanol–water partition coefficient (Wildman–Crippen LogP) is 5.09. The molecule has 41 heavy (non-hydrogen) atoms. The number of fused-ring (bicyclic) bond motifs is 1. The average molecular weight is 593 g/mol. The van der Waals surface area contributed by atoms with Gasteiger partial charge in [-0.15, -0.1) is 0 Å². The van der Waals surface area contributed by atoms with Crippen LogP contribution in [-0.2, 0) is 21.3 Å². The maximum absolute atomic E-state index is 13.9. The van der Waals surface area contributed by atoms with Gasteiger partial charge in [0.05, 0.1) is 41.6 Å². The van der Waals surface area contributed by atoms with Gasteiger partial charge in [0, 0.05) is 42.5 Å². The van der Waals surface area contributed by atoms with Crippen molar-refractivity contribution in [3.63, 3.8) is 0 Å². The Morgan fingerprint density at radius 3 is 2.54 bits per heavy atom. The summed E-state index contributed by atoms with van der Waals surface area (Å²) in [5.41, 5.74) is 3.24. The molecule has 0 amide bonds. The number of ether oxygens (including phenoxy) is 1. The molecular formula is C30H26ClFN4O4S. The van der Waals surface area contributed by atoms with E-state index in [4.69, 9.17) is 16.3 Å². The first-order valence-electron chi connectivity index (χ1n) is 13.0. The van der Waals surface area contributed by atoms with E-state index < -0.39 is 15.8 Å². The van der Waals surface area contributed by atoms with E-state index >= 15 is 0 Å². The molecule has 0 saturated carbocycles. The smallest absolute Gasteiger partial charge is 0.269 e. The lowest BCUT2D eigenvalue weighted by Crippen LogP contribution is -2.36. The highest BCUT2D eigenvalue weighted by Crippen LogP contribution is 2.34. The van der Waals surface area contributed by atoms with E-state index in [-0.39, 0.29) is 27.7 Å². The summed E-state index contributed by atoms with van der Waals surface area (Å²) in [5, 5.41) is 0.560. The molecule has 1 fully saturated rings. The highest BCUT2D eigenvalue weighted by molar-refractivity contribution is 7.90. The monoisotopic (exact) mass is 592 g/mol. The van der Waals surface area contributed by atoms with Crippen LogP contribution in [0.1, 0.15) is 11.1 Å². The van der Waals surface area contributed by atoms with E-state index in [0.29, 0.717) is 48.4 Å². The molecule has 0 N–H and O–H groups in total. The summed E-state index contributed by atoms with van der Waals surface area (Å²) in [6.07, 6.45) is 4.77. The van der Waals surface area contributed by atoms with Crippen LogP contribution in [0.3, 0.4) is 0 Å². The van der Waals surface area contributed by atoms with Crippen LogP contribution in [0.25, 0.3) is 22.2 Å². The molecule has 0 bridgehead atoms. The van der Waals surface area contributed by atoms with Crippen LogP contribution in [0.5, 0.6) is 0 Å². The molecule has 0 unspecified atom stereocenters. The Balaban J connectivity index is 1.48. The van der Waals surface area contributed by atoms with Crippen LogP contribution in [-0.4, -0.2) is 48.2 Å². The first-order chi connectivity index (χ1) is 19.7. The number of aromatic nitrogens is 3. The summed E-state index contributed by atoms with van der Waals surface area (Å²) in [4.78, 5) is 20.0. The zero-order chi connectivity index (χ0) is 28.7. The summed E-state index contributed by atoms with van der Waals surface area (Å²) in [6.45, 7) is 4.51. The number of aryl methyl sites for hydroxylation is 1. The number of halogens is 2. The third kappa shape index (κ3) is 5.14. The van der Waals surface area contributed by atoms with Gasteiger partial charge in [0.15, 0.2) is 5.65 Å². The van der Waals surface area contributed by atoms with Gasteiger partial charge < -0.3 is 14.2 Å². The summed E-state index contributed by atoms with van der Waals surface area (Å²) in [5.74, 6) is -0.556. The minimum atomic E-state index is -3.99. The lowest BCUT2D eigenvalue weighted by atomic mass is 10.1. The third-order valence-electron chi connectivity index (χ3n) is 7.23. The van der Waals surface area contributed by atoms with Crippen molar-refractivity contribution >= 4 is 38.3 Å². The third-order valence-corrected chi connectivity index (χ3v) is 9.32. The molecule has 1 saturated heterocycles. The van der Waals surface area contributed by atoms with Crippen molar-refractivity contribution in [3.8, 4) is 11.1 Å². The number of hydrogen-bond acceptors (Lipinski definition) is 6. The minimum Gasteiger partial charge on any atom is -0.378 e. The molecule has 4 heterocycles. The van der Waals surface area contributed by atoms with E-state index in [9.17, 15) is 17.6 Å². The van der Waals surface area contributed by atoms with Gasteiger partial charge in [0.1, 0.15) is 5.82 Å². The fourth-order valence-corrected chi connectivity index (χ4v) is 6.47. The van der Waals surface area contributed by atoms with Crippen LogP contribution in [0.4, 0.5) is 10.1 Å². The van der Waals surface area contributed by atoms with E-state index in [1.54, 1.807) is 54.9 Å². The number of rotatable bonds is 6. The predicted molar refractivity (Wildman–Crippen MR) is 157 cm³/mol. The number of morpholine rings is 1. The van der Waals surface area contributed by atoms with Crippen LogP contribution < -0.4 is 10.5 Å². The summed E-state index contributed by atoms with van der Waals surface area (Å²) < 4.78 is 49.5. The SMILES string of the molecule is Cc1ccc(S(=O)(=O)n2cc(-c3ccn(Cc4cccc(F)c4Cl)c(=O)c3)c3cc(N4CCOCC4)cnc32)cc1. The van der Waals surface area contributed by atoms with Crippen molar-refractivity contribution in [1.82, 2.24) is 13.5 Å². The van der Waals surface area contributed by atoms with E-state index in [0.717, 1.165) is 11.3 Å². The van der Waals surface area contributed by atoms with Crippen molar-refractivity contribution in [1.29, 1.82) is 0 Å². The number of anilines is 1. The number of nitrogens with zero attached hydrogens (tertiary/aromatic N) is 4. The minimum absolute atomic E-state index is 0.0328. The maximum atomic E-state index is 13.9. The largest absolute Gasteiger partial charge is 0.378 e. The number of benzene rings is 2. The van der Waals surface area contributed by atoms with Gasteiger partial charge in [-0.3, -0.25) is 4.79 Å². The fraction of sp³-hybridized carbons (Fsp3) is 0.200. The number of pyridine rings is 2. The average Bonchev–Trinajstić information content (AvgIpc) is 3.37. The molecular weight excluding hydrogens is 567 g/mol. The standard InChI is InChI=1S/C30H26ClFN4O4S/c1-20-5-7-24(8-6-20)41(38,39)36-19-26(25-16-23(17-33-30(25)36)34-11-13-40-14-12-34)21-9-10-35(28(37)15-21)18-22-3-2-4-27(32)29(22)31/h2-10,15-17,19H,11-14,18H2,1H3. The summed E-state index contributed by atoms with van der Waals surface area (Å²) in [6, 6.07) is 16.2. The first-order valence-corrected chi connectivity index (χ1v) is 14.8. The molecule has 1 aliphatic rings. The Morgan fingerprint density at radius 1 is 1.05 bits per heavy atom. The second-order valence-corrected chi connectivity index (χ2v) is 12.1. The Bertz CT molecular complexity index is 1930. The quantitative estimate of drug-likeness (QED) is 0.273. The zero-order valence-electron chi connectivity index (χ0n) is 22.1. The molecule has 8 nitrogen and oxygen atoms in total. The van der Waals surface area contributed by atoms with E-state index in [1.807, 2.05) is 13.0 Å². The molecule has 11 heteroatoms. The van der Waals surface area contributed by atoms with Crippen LogP contribution >= 0.6 is 11.6 Å². The van der Waals surface area contributed by atoms with Crippen molar-refractivity contribution in [2.75, 3.05) is 31.2 Å². The van der Waals surface area contributed by atoms with Crippen molar-refractivity contribution < 1.29 is 17.5 Å². The fourth-order valence-electron chi connectivity index (χ4n) is 4.96. The Labute approximate surface area is 241 Å². The van der Waals surface area contributed by atoms with Gasteiger partial charge in [-0.05, 0) is 48.4 Å². The van der Waals surface area contributed by atoms with Crippen LogP contribution in [0, 0.1) is 12.7 Å². The van der Waals surface area contributed by atoms with E-state index in [2.05, 4.69) is 9.88 Å². The Morgan fingerprint density at radius 2 is 1.80 bits per heavy atom. The van der Waals surface area contributed by atoms with Gasteiger partial charge >= 0.3 is 0 Å². The molecule has 0 radical (unpaired) electrons. The molecule has 5 aromatic rings. The van der Waals surface area contributed by atoms with E-state index in [1.165, 1.54) is 26.9 Å². The second-order valence-electron chi connectivity index (χ2n) is 9.92. The van der Waals surface area contributed by atoms with Gasteiger partial charge in [-0.25, -0.2) is 21.8 Å². The van der Waals surface area contributed by atoms with Gasteiger partial charge in [-0.2, -0.15) is 0 Å². The number of hydrogen-bond donors (Lipinski definition) is 0. The Kier molecular flexibility index (Phi) is 7.14. The summed E-state index contributed by atoms with van der Waals surface area (Å²) >= 11 is 6.10. The van der Waals surface area contributed by atoms with Crippen molar-refractivity contribution in [2.24, 2.45) is 0 Å². The molecule has 0 spiro atoms. The summed E-state index contributed by atoms with van der Waals surface area (Å²) in [7, 11) is -3.99.